The topological polar surface area (TPSA) is 76.0 Å². The van der Waals surface area contributed by atoms with E-state index in [-0.39, 0.29) is 0 Å². The molecular weight excluding hydrogens is 384 g/mol. The summed E-state index contributed by atoms with van der Waals surface area (Å²) < 4.78 is 1.75. The van der Waals surface area contributed by atoms with E-state index in [0.29, 0.717) is 12.4 Å². The second-order valence-electron chi connectivity index (χ2n) is 7.09. The van der Waals surface area contributed by atoms with Crippen LogP contribution >= 0.6 is 11.8 Å². The lowest BCUT2D eigenvalue weighted by atomic mass is 10.1. The highest BCUT2D eigenvalue weighted by Crippen LogP contribution is 2.36. The molecule has 0 bridgehead atoms. The van der Waals surface area contributed by atoms with Gasteiger partial charge in [-0.2, -0.15) is 16.9 Å². The molecule has 0 spiro atoms. The van der Waals surface area contributed by atoms with Gasteiger partial charge in [0.2, 0.25) is 0 Å². The minimum atomic E-state index is -0.688. The fourth-order valence-corrected chi connectivity index (χ4v) is 4.42. The normalized spacial score (nSPS) is 12.5. The molecule has 7 heteroatoms. The minimum absolute atomic E-state index is 0.303. The summed E-state index contributed by atoms with van der Waals surface area (Å²) in [6.07, 6.45) is 0. The van der Waals surface area contributed by atoms with Gasteiger partial charge in [0.1, 0.15) is 5.82 Å². The van der Waals surface area contributed by atoms with Crippen molar-refractivity contribution in [3.05, 3.63) is 76.5 Å². The molecule has 1 aliphatic heterocycles. The van der Waals surface area contributed by atoms with E-state index in [0.717, 1.165) is 45.1 Å². The number of amides is 2. The van der Waals surface area contributed by atoms with E-state index in [1.54, 1.807) is 16.4 Å². The Hall–Kier alpha value is -3.06. The SMILES string of the molecule is Cc1ccc(-n2nc3c(c2NC(=O)C(=O)NCc2ccccc2)CSC3)c(C)c1. The molecule has 1 aliphatic rings. The number of thioether (sulfide) groups is 1. The number of nitrogens with one attached hydrogen (secondary N) is 2. The molecule has 3 aromatic rings. The van der Waals surface area contributed by atoms with Crippen LogP contribution in [0, 0.1) is 13.8 Å². The molecule has 0 radical (unpaired) electrons. The smallest absolute Gasteiger partial charge is 0.314 e. The first-order valence-electron chi connectivity index (χ1n) is 9.42. The van der Waals surface area contributed by atoms with Gasteiger partial charge in [-0.05, 0) is 31.0 Å². The molecule has 2 N–H and O–H groups in total. The van der Waals surface area contributed by atoms with Crippen molar-refractivity contribution in [1.82, 2.24) is 15.1 Å². The highest BCUT2D eigenvalue weighted by atomic mass is 32.2. The zero-order valence-electron chi connectivity index (χ0n) is 16.4. The van der Waals surface area contributed by atoms with E-state index in [2.05, 4.69) is 16.7 Å². The van der Waals surface area contributed by atoms with Gasteiger partial charge in [-0.3, -0.25) is 9.59 Å². The fourth-order valence-electron chi connectivity index (χ4n) is 3.38. The molecular formula is C22H22N4O2S. The van der Waals surface area contributed by atoms with E-state index in [1.165, 1.54) is 0 Å². The first kappa shape index (κ1) is 19.3. The van der Waals surface area contributed by atoms with Crippen LogP contribution in [-0.4, -0.2) is 21.6 Å². The van der Waals surface area contributed by atoms with Crippen LogP contribution in [-0.2, 0) is 27.6 Å². The van der Waals surface area contributed by atoms with E-state index in [4.69, 9.17) is 5.10 Å². The van der Waals surface area contributed by atoms with Crippen molar-refractivity contribution in [2.24, 2.45) is 0 Å². The summed E-state index contributed by atoms with van der Waals surface area (Å²) in [4.78, 5) is 24.9. The Morgan fingerprint density at radius 3 is 2.62 bits per heavy atom. The molecule has 0 atom stereocenters. The van der Waals surface area contributed by atoms with Gasteiger partial charge in [0.05, 0.1) is 11.4 Å². The molecule has 1 aromatic heterocycles. The van der Waals surface area contributed by atoms with Crippen LogP contribution in [0.5, 0.6) is 0 Å². The van der Waals surface area contributed by atoms with E-state index < -0.39 is 11.8 Å². The lowest BCUT2D eigenvalue weighted by Crippen LogP contribution is -2.35. The van der Waals surface area contributed by atoms with E-state index in [9.17, 15) is 9.59 Å². The summed E-state index contributed by atoms with van der Waals surface area (Å²) in [7, 11) is 0. The quantitative estimate of drug-likeness (QED) is 0.651. The Labute approximate surface area is 173 Å². The number of aryl methyl sites for hydroxylation is 2. The first-order valence-corrected chi connectivity index (χ1v) is 10.6. The maximum Gasteiger partial charge on any atom is 0.314 e. The maximum absolute atomic E-state index is 12.6. The number of anilines is 1. The fraction of sp³-hybridized carbons (Fsp3) is 0.227. The van der Waals surface area contributed by atoms with Gasteiger partial charge in [0.15, 0.2) is 0 Å². The van der Waals surface area contributed by atoms with Crippen LogP contribution in [0.2, 0.25) is 0 Å². The van der Waals surface area contributed by atoms with Crippen molar-refractivity contribution in [3.63, 3.8) is 0 Å². The summed E-state index contributed by atoms with van der Waals surface area (Å²) in [6, 6.07) is 15.6. The monoisotopic (exact) mass is 406 g/mol. The van der Waals surface area contributed by atoms with Crippen LogP contribution < -0.4 is 10.6 Å². The lowest BCUT2D eigenvalue weighted by molar-refractivity contribution is -0.136. The third-order valence-corrected chi connectivity index (χ3v) is 5.84. The number of aromatic nitrogens is 2. The van der Waals surface area contributed by atoms with Crippen molar-refractivity contribution in [3.8, 4) is 5.69 Å². The summed E-state index contributed by atoms with van der Waals surface area (Å²) in [5.74, 6) is 0.794. The molecule has 0 saturated heterocycles. The average molecular weight is 407 g/mol. The second-order valence-corrected chi connectivity index (χ2v) is 8.08. The molecule has 148 valence electrons. The van der Waals surface area contributed by atoms with Crippen molar-refractivity contribution < 1.29 is 9.59 Å². The first-order chi connectivity index (χ1) is 14.0. The Morgan fingerprint density at radius 1 is 1.07 bits per heavy atom. The van der Waals surface area contributed by atoms with Crippen LogP contribution in [0.1, 0.15) is 27.9 Å². The molecule has 0 fully saturated rings. The number of hydrogen-bond donors (Lipinski definition) is 2. The van der Waals surface area contributed by atoms with Gasteiger partial charge in [-0.1, -0.05) is 48.0 Å². The van der Waals surface area contributed by atoms with Crippen molar-refractivity contribution in [1.29, 1.82) is 0 Å². The minimum Gasteiger partial charge on any atom is -0.344 e. The summed E-state index contributed by atoms with van der Waals surface area (Å²) >= 11 is 1.75. The highest BCUT2D eigenvalue weighted by Gasteiger charge is 2.26. The van der Waals surface area contributed by atoms with Gasteiger partial charge in [-0.25, -0.2) is 4.68 Å². The molecule has 2 aromatic carbocycles. The Balaban J connectivity index is 1.56. The Kier molecular flexibility index (Phi) is 5.40. The zero-order valence-corrected chi connectivity index (χ0v) is 17.2. The summed E-state index contributed by atoms with van der Waals surface area (Å²) in [5.41, 5.74) is 5.99. The lowest BCUT2D eigenvalue weighted by Gasteiger charge is -2.13. The Bertz CT molecular complexity index is 1080. The molecule has 2 heterocycles. The third-order valence-electron chi connectivity index (χ3n) is 4.87. The molecule has 29 heavy (non-hydrogen) atoms. The molecule has 6 nitrogen and oxygen atoms in total. The standard InChI is InChI=1S/C22H22N4O2S/c1-14-8-9-19(15(2)10-14)26-20(17-12-29-13-18(17)25-26)24-22(28)21(27)23-11-16-6-4-3-5-7-16/h3-10H,11-13H2,1-2H3,(H,23,27)(H,24,28). The number of carbonyl (C=O) groups is 2. The van der Waals surface area contributed by atoms with Crippen molar-refractivity contribution >= 4 is 29.4 Å². The van der Waals surface area contributed by atoms with Crippen LogP contribution in [0.15, 0.2) is 48.5 Å². The van der Waals surface area contributed by atoms with Gasteiger partial charge >= 0.3 is 11.8 Å². The zero-order chi connectivity index (χ0) is 20.4. The van der Waals surface area contributed by atoms with E-state index >= 15 is 0 Å². The highest BCUT2D eigenvalue weighted by molar-refractivity contribution is 7.98. The second kappa shape index (κ2) is 8.13. The Morgan fingerprint density at radius 2 is 1.86 bits per heavy atom. The summed E-state index contributed by atoms with van der Waals surface area (Å²) in [6.45, 7) is 4.36. The van der Waals surface area contributed by atoms with Crippen LogP contribution in [0.4, 0.5) is 5.82 Å². The van der Waals surface area contributed by atoms with Crippen molar-refractivity contribution in [2.45, 2.75) is 31.9 Å². The third kappa shape index (κ3) is 4.05. The molecule has 2 amide bonds. The van der Waals surface area contributed by atoms with Gasteiger partial charge in [0, 0.05) is 23.6 Å². The predicted molar refractivity (Wildman–Crippen MR) is 115 cm³/mol. The maximum atomic E-state index is 12.6. The van der Waals surface area contributed by atoms with Crippen molar-refractivity contribution in [2.75, 3.05) is 5.32 Å². The largest absolute Gasteiger partial charge is 0.344 e. The molecule has 4 rings (SSSR count). The van der Waals surface area contributed by atoms with Crippen LogP contribution in [0.3, 0.4) is 0 Å². The number of benzene rings is 2. The number of hydrogen-bond acceptors (Lipinski definition) is 4. The number of nitrogens with zero attached hydrogens (tertiary/aromatic N) is 2. The summed E-state index contributed by atoms with van der Waals surface area (Å²) in [5, 5.41) is 10.2. The average Bonchev–Trinajstić information content (AvgIpc) is 3.29. The van der Waals surface area contributed by atoms with Gasteiger partial charge in [-0.15, -0.1) is 0 Å². The van der Waals surface area contributed by atoms with E-state index in [1.807, 2.05) is 56.3 Å². The van der Waals surface area contributed by atoms with Gasteiger partial charge in [0.25, 0.3) is 0 Å². The molecule has 0 aliphatic carbocycles. The number of rotatable bonds is 4. The van der Waals surface area contributed by atoms with Gasteiger partial charge < -0.3 is 10.6 Å². The van der Waals surface area contributed by atoms with Crippen LogP contribution in [0.25, 0.3) is 5.69 Å². The molecule has 0 unspecified atom stereocenters. The number of fused-ring (bicyclic) bond motifs is 1. The molecule has 0 saturated carbocycles. The number of carbonyl (C=O) groups excluding carboxylic acids is 2. The predicted octanol–water partition coefficient (Wildman–Crippen LogP) is 3.49.